The fourth-order valence-corrected chi connectivity index (χ4v) is 5.70. The Hall–Kier alpha value is -3.78. The molecule has 0 saturated carbocycles. The van der Waals surface area contributed by atoms with Gasteiger partial charge in [0, 0.05) is 10.0 Å². The largest absolute Gasteiger partial charge is 0.497 e. The molecule has 0 aliphatic carbocycles. The molecule has 0 aromatic heterocycles. The second-order valence-corrected chi connectivity index (χ2v) is 9.69. The summed E-state index contributed by atoms with van der Waals surface area (Å²) in [6, 6.07) is 20.1. The standard InChI is InChI=1S/C27H20BrN3O4/c1-35-19-12-6-15(7-13-19)25(32)24-22-21(23-20-5-3-2-4-16(20)14-29-31(23)24)26(33)30(27(22)34)18-10-8-17(28)9-11-18/h2-14,21-24H,1H3/t21-,22+,23?,24-/m1/s1. The monoisotopic (exact) mass is 529 g/mol. The summed E-state index contributed by atoms with van der Waals surface area (Å²) in [6.07, 6.45) is 1.70. The molecule has 7 nitrogen and oxygen atoms in total. The van der Waals surface area contributed by atoms with Crippen molar-refractivity contribution in [3.63, 3.8) is 0 Å². The van der Waals surface area contributed by atoms with Gasteiger partial charge in [0.1, 0.15) is 11.8 Å². The molecule has 6 rings (SSSR count). The van der Waals surface area contributed by atoms with Crippen LogP contribution in [-0.4, -0.2) is 42.0 Å². The van der Waals surface area contributed by atoms with E-state index in [0.29, 0.717) is 17.0 Å². The smallest absolute Gasteiger partial charge is 0.240 e. The SMILES string of the molecule is COc1ccc(C(=O)[C@H]2[C@H]3C(=O)N(c4ccc(Br)cc4)C(=O)[C@H]3C3c4ccccc4C=NN32)cc1. The Kier molecular flexibility index (Phi) is 5.07. The molecule has 174 valence electrons. The first kappa shape index (κ1) is 21.7. The zero-order valence-electron chi connectivity index (χ0n) is 18.7. The highest BCUT2D eigenvalue weighted by Gasteiger charge is 2.65. The lowest BCUT2D eigenvalue weighted by molar-refractivity contribution is -0.124. The van der Waals surface area contributed by atoms with Crippen molar-refractivity contribution in [3.05, 3.63) is 94.0 Å². The summed E-state index contributed by atoms with van der Waals surface area (Å²) < 4.78 is 6.06. The number of Topliss-reactive ketones (excluding diaryl/α,β-unsaturated/α-hetero) is 1. The van der Waals surface area contributed by atoms with Crippen molar-refractivity contribution in [2.45, 2.75) is 12.1 Å². The summed E-state index contributed by atoms with van der Waals surface area (Å²) in [5.74, 6) is -1.89. The number of rotatable bonds is 4. The molecule has 3 aromatic carbocycles. The molecule has 8 heteroatoms. The number of methoxy groups -OCH3 is 1. The number of carbonyl (C=O) groups is 3. The van der Waals surface area contributed by atoms with Crippen LogP contribution < -0.4 is 9.64 Å². The summed E-state index contributed by atoms with van der Waals surface area (Å²) in [4.78, 5) is 42.7. The molecule has 4 atom stereocenters. The third-order valence-electron chi connectivity index (χ3n) is 7.02. The maximum atomic E-state index is 13.9. The molecule has 2 amide bonds. The number of hydrazone groups is 1. The number of hydrogen-bond donors (Lipinski definition) is 0. The lowest BCUT2D eigenvalue weighted by atomic mass is 9.83. The minimum Gasteiger partial charge on any atom is -0.497 e. The van der Waals surface area contributed by atoms with Crippen LogP contribution in [0.5, 0.6) is 5.75 Å². The highest BCUT2D eigenvalue weighted by Crippen LogP contribution is 2.53. The number of nitrogens with zero attached hydrogens (tertiary/aromatic N) is 3. The van der Waals surface area contributed by atoms with Gasteiger partial charge in [0.25, 0.3) is 0 Å². The van der Waals surface area contributed by atoms with E-state index in [-0.39, 0.29) is 17.6 Å². The zero-order chi connectivity index (χ0) is 24.3. The molecule has 0 spiro atoms. The molecule has 2 saturated heterocycles. The Bertz CT molecular complexity index is 1390. The first-order valence-electron chi connectivity index (χ1n) is 11.2. The van der Waals surface area contributed by atoms with Crippen LogP contribution in [0.4, 0.5) is 5.69 Å². The molecule has 0 bridgehead atoms. The summed E-state index contributed by atoms with van der Waals surface area (Å²) in [5.41, 5.74) is 2.70. The van der Waals surface area contributed by atoms with Crippen molar-refractivity contribution in [2.75, 3.05) is 12.0 Å². The predicted molar refractivity (Wildman–Crippen MR) is 133 cm³/mol. The summed E-state index contributed by atoms with van der Waals surface area (Å²) >= 11 is 3.40. The number of carbonyl (C=O) groups excluding carboxylic acids is 3. The van der Waals surface area contributed by atoms with Gasteiger partial charge < -0.3 is 4.74 Å². The van der Waals surface area contributed by atoms with Crippen LogP contribution in [-0.2, 0) is 9.59 Å². The highest BCUT2D eigenvalue weighted by molar-refractivity contribution is 9.10. The van der Waals surface area contributed by atoms with Gasteiger partial charge in [0.05, 0.1) is 36.9 Å². The molecule has 2 fully saturated rings. The van der Waals surface area contributed by atoms with E-state index in [2.05, 4.69) is 21.0 Å². The van der Waals surface area contributed by atoms with E-state index in [4.69, 9.17) is 4.74 Å². The van der Waals surface area contributed by atoms with Crippen LogP contribution in [0.15, 0.2) is 82.4 Å². The molecule has 1 unspecified atom stereocenters. The first-order valence-corrected chi connectivity index (χ1v) is 12.0. The van der Waals surface area contributed by atoms with E-state index in [1.54, 1.807) is 66.9 Å². The average molecular weight is 530 g/mol. The Morgan fingerprint density at radius 3 is 2.31 bits per heavy atom. The number of fused-ring (bicyclic) bond motifs is 5. The van der Waals surface area contributed by atoms with E-state index >= 15 is 0 Å². The van der Waals surface area contributed by atoms with Gasteiger partial charge in [-0.25, -0.2) is 4.90 Å². The number of ketones is 1. The van der Waals surface area contributed by atoms with Crippen LogP contribution >= 0.6 is 15.9 Å². The number of imide groups is 1. The van der Waals surface area contributed by atoms with Crippen LogP contribution in [0.25, 0.3) is 0 Å². The second kappa shape index (κ2) is 8.16. The van der Waals surface area contributed by atoms with Gasteiger partial charge >= 0.3 is 0 Å². The van der Waals surface area contributed by atoms with Crippen molar-refractivity contribution in [1.82, 2.24) is 5.01 Å². The number of anilines is 1. The van der Waals surface area contributed by atoms with Crippen molar-refractivity contribution in [1.29, 1.82) is 0 Å². The molecule has 3 aliphatic rings. The Morgan fingerprint density at radius 1 is 0.914 bits per heavy atom. The normalized spacial score (nSPS) is 24.3. The van der Waals surface area contributed by atoms with E-state index in [1.165, 1.54) is 4.90 Å². The van der Waals surface area contributed by atoms with Gasteiger partial charge in [-0.3, -0.25) is 19.4 Å². The molecular formula is C27H20BrN3O4. The molecule has 3 aromatic rings. The molecule has 0 radical (unpaired) electrons. The van der Waals surface area contributed by atoms with E-state index in [9.17, 15) is 14.4 Å². The predicted octanol–water partition coefficient (Wildman–Crippen LogP) is 4.22. The highest BCUT2D eigenvalue weighted by atomic mass is 79.9. The van der Waals surface area contributed by atoms with Crippen LogP contribution in [0.3, 0.4) is 0 Å². The minimum absolute atomic E-state index is 0.250. The van der Waals surface area contributed by atoms with Crippen molar-refractivity contribution >= 4 is 45.4 Å². The van der Waals surface area contributed by atoms with Crippen molar-refractivity contribution in [3.8, 4) is 5.75 Å². The Morgan fingerprint density at radius 2 is 1.60 bits per heavy atom. The van der Waals surface area contributed by atoms with E-state index in [0.717, 1.165) is 15.6 Å². The van der Waals surface area contributed by atoms with Crippen molar-refractivity contribution in [2.24, 2.45) is 16.9 Å². The molecule has 0 N–H and O–H groups in total. The van der Waals surface area contributed by atoms with Gasteiger partial charge in [0.2, 0.25) is 11.8 Å². The number of halogens is 1. The van der Waals surface area contributed by atoms with Gasteiger partial charge in [0.15, 0.2) is 5.78 Å². The van der Waals surface area contributed by atoms with E-state index < -0.39 is 23.9 Å². The third kappa shape index (κ3) is 3.24. The number of ether oxygens (including phenoxy) is 1. The van der Waals surface area contributed by atoms with E-state index in [1.807, 2.05) is 24.3 Å². The summed E-state index contributed by atoms with van der Waals surface area (Å²) in [5, 5.41) is 6.25. The number of benzene rings is 3. The zero-order valence-corrected chi connectivity index (χ0v) is 20.3. The van der Waals surface area contributed by atoms with Gasteiger partial charge in [-0.2, -0.15) is 5.10 Å². The van der Waals surface area contributed by atoms with Crippen LogP contribution in [0.1, 0.15) is 27.5 Å². The minimum atomic E-state index is -0.903. The lowest BCUT2D eigenvalue weighted by Crippen LogP contribution is -2.44. The Labute approximate surface area is 210 Å². The van der Waals surface area contributed by atoms with Crippen LogP contribution in [0.2, 0.25) is 0 Å². The summed E-state index contributed by atoms with van der Waals surface area (Å²) in [6.45, 7) is 0. The second-order valence-electron chi connectivity index (χ2n) is 8.78. The Balaban J connectivity index is 1.47. The van der Waals surface area contributed by atoms with Gasteiger partial charge in [-0.1, -0.05) is 40.2 Å². The topological polar surface area (TPSA) is 79.3 Å². The molecule has 35 heavy (non-hydrogen) atoms. The average Bonchev–Trinajstić information content (AvgIpc) is 3.37. The first-order chi connectivity index (χ1) is 17.0. The quantitative estimate of drug-likeness (QED) is 0.373. The molecule has 3 heterocycles. The van der Waals surface area contributed by atoms with Crippen LogP contribution in [0, 0.1) is 11.8 Å². The van der Waals surface area contributed by atoms with Crippen molar-refractivity contribution < 1.29 is 19.1 Å². The molecule has 3 aliphatic heterocycles. The summed E-state index contributed by atoms with van der Waals surface area (Å²) in [7, 11) is 1.56. The number of amides is 2. The molecular weight excluding hydrogens is 510 g/mol. The van der Waals surface area contributed by atoms with Gasteiger partial charge in [-0.05, 0) is 59.7 Å². The maximum absolute atomic E-state index is 13.9. The number of hydrogen-bond acceptors (Lipinski definition) is 6. The lowest BCUT2D eigenvalue weighted by Gasteiger charge is -2.33. The fourth-order valence-electron chi connectivity index (χ4n) is 5.44. The fraction of sp³-hybridized carbons (Fsp3) is 0.185. The third-order valence-corrected chi connectivity index (χ3v) is 7.55. The maximum Gasteiger partial charge on any atom is 0.240 e. The van der Waals surface area contributed by atoms with Gasteiger partial charge in [-0.15, -0.1) is 0 Å².